The number of hydrogen-bond donors (Lipinski definition) is 4. The smallest absolute Gasteiger partial charge is 0.869 e. The zero-order valence-electron chi connectivity index (χ0n) is 49.6. The molecule has 0 radical (unpaired) electrons. The van der Waals surface area contributed by atoms with Crippen molar-refractivity contribution in [1.82, 2.24) is 0 Å². The summed E-state index contributed by atoms with van der Waals surface area (Å²) < 4.78 is 0. The van der Waals surface area contributed by atoms with Crippen LogP contribution in [0.15, 0.2) is 70.6 Å². The van der Waals surface area contributed by atoms with Crippen LogP contribution in [0.5, 0.6) is 23.0 Å². The molecule has 0 spiro atoms. The molecule has 4 aromatic rings. The molecule has 0 fully saturated rings. The first-order chi connectivity index (χ1) is 37.8. The molecule has 0 atom stereocenters. The summed E-state index contributed by atoms with van der Waals surface area (Å²) in [6, 6.07) is 20.5. The summed E-state index contributed by atoms with van der Waals surface area (Å²) in [5, 5.41) is 60.2. The third-order valence-corrected chi connectivity index (χ3v) is 14.0. The molecule has 4 N–H and O–H groups in total. The zero-order chi connectivity index (χ0) is 57.5. The Kier molecular flexibility index (Phi) is 39.1. The monoisotopic (exact) mass is 1130 g/mol. The minimum Gasteiger partial charge on any atom is -0.869 e. The van der Waals surface area contributed by atoms with E-state index in [1.165, 1.54) is 105 Å². The molecule has 438 valence electrons. The topological polar surface area (TPSA) is 186 Å². The largest absolute Gasteiger partial charge is 2.00 e. The Morgan fingerprint density at radius 1 is 0.468 bits per heavy atom. The number of para-hydroxylation sites is 1. The molecule has 11 heteroatoms. The van der Waals surface area contributed by atoms with Gasteiger partial charge in [0.25, 0.3) is 0 Å². The number of unbranched alkanes of at least 4 members (excludes halogenated alkanes) is 15. The van der Waals surface area contributed by atoms with Crippen molar-refractivity contribution >= 4 is 34.7 Å². The first-order valence-corrected chi connectivity index (χ1v) is 30.1. The number of aromatic carboxylic acids is 2. The Morgan fingerprint density at radius 2 is 0.911 bits per heavy atom. The molecule has 0 aliphatic rings. The number of rotatable bonds is 34. The summed E-state index contributed by atoms with van der Waals surface area (Å²) in [5.41, 5.74) is 9.37. The van der Waals surface area contributed by atoms with Crippen LogP contribution in [0.4, 0.5) is 11.4 Å². The van der Waals surface area contributed by atoms with Crippen molar-refractivity contribution in [1.29, 1.82) is 0 Å². The molecule has 4 rings (SSSR count). The van der Waals surface area contributed by atoms with E-state index >= 15 is 0 Å². The Morgan fingerprint density at radius 3 is 1.39 bits per heavy atom. The van der Waals surface area contributed by atoms with Gasteiger partial charge in [0.05, 0.1) is 33.9 Å². The number of benzene rings is 4. The summed E-state index contributed by atoms with van der Waals surface area (Å²) in [6.07, 6.45) is 32.7. The van der Waals surface area contributed by atoms with Crippen LogP contribution in [0.3, 0.4) is 0 Å². The van der Waals surface area contributed by atoms with Gasteiger partial charge in [0.2, 0.25) is 0 Å². The van der Waals surface area contributed by atoms with Gasteiger partial charge in [-0.2, -0.15) is 0 Å². The SMILES string of the molecule is CCCCC#CCCCc1ccccc1N=C(CCCC)C(CCCC)=Nc1cccc(CCCCCCCCCCC)c1.CCCCc1cc(O)c([O-])c(C(=O)O)c1CC.CCCCc1cc(O)c([O-])c(C(=O)O)c1CC.[Ni+2]. The van der Waals surface area contributed by atoms with E-state index in [0.717, 1.165) is 119 Å². The molecular formula is C68H98N2NiO8. The Bertz CT molecular complexity index is 2420. The number of nitrogens with zero attached hydrogens (tertiary/aromatic N) is 2. The van der Waals surface area contributed by atoms with Gasteiger partial charge in [-0.05, 0) is 160 Å². The number of carboxylic acid groups (broad SMARTS) is 2. The van der Waals surface area contributed by atoms with Gasteiger partial charge in [0, 0.05) is 12.8 Å². The molecule has 0 amide bonds. The average Bonchev–Trinajstić information content (AvgIpc) is 3.44. The molecule has 4 aromatic carbocycles. The predicted octanol–water partition coefficient (Wildman–Crippen LogP) is 17.6. The molecule has 0 aliphatic heterocycles. The van der Waals surface area contributed by atoms with Crippen LogP contribution in [-0.4, -0.2) is 43.8 Å². The number of phenolic OH excluding ortho intramolecular Hbond substituents is 2. The predicted molar refractivity (Wildman–Crippen MR) is 322 cm³/mol. The van der Waals surface area contributed by atoms with Gasteiger partial charge in [-0.25, -0.2) is 9.59 Å². The van der Waals surface area contributed by atoms with Crippen molar-refractivity contribution in [2.24, 2.45) is 9.98 Å². The molecule has 0 saturated carbocycles. The maximum atomic E-state index is 11.6. The van der Waals surface area contributed by atoms with Gasteiger partial charge in [0.15, 0.2) is 0 Å². The van der Waals surface area contributed by atoms with Gasteiger partial charge in [-0.15, -0.1) is 11.8 Å². The first-order valence-electron chi connectivity index (χ1n) is 30.1. The van der Waals surface area contributed by atoms with Crippen molar-refractivity contribution < 1.29 is 56.7 Å². The van der Waals surface area contributed by atoms with Gasteiger partial charge < -0.3 is 30.6 Å². The van der Waals surface area contributed by atoms with E-state index in [1.54, 1.807) is 0 Å². The van der Waals surface area contributed by atoms with Crippen LogP contribution in [0, 0.1) is 11.8 Å². The minimum atomic E-state index is -1.26. The number of hydrogen-bond acceptors (Lipinski definition) is 8. The Balaban J connectivity index is 0.000000724. The maximum absolute atomic E-state index is 11.6. The summed E-state index contributed by atoms with van der Waals surface area (Å²) in [6.45, 7) is 16.8. The molecule has 10 nitrogen and oxygen atoms in total. The van der Waals surface area contributed by atoms with E-state index in [1.807, 2.05) is 27.7 Å². The molecule has 0 unspecified atom stereocenters. The van der Waals surface area contributed by atoms with E-state index < -0.39 is 34.9 Å². The zero-order valence-corrected chi connectivity index (χ0v) is 50.6. The quantitative estimate of drug-likeness (QED) is 0.0154. The van der Waals surface area contributed by atoms with E-state index in [2.05, 4.69) is 88.1 Å². The molecule has 0 aliphatic carbocycles. The van der Waals surface area contributed by atoms with Gasteiger partial charge in [-0.3, -0.25) is 9.98 Å². The molecule has 0 heterocycles. The van der Waals surface area contributed by atoms with Crippen LogP contribution in [-0.2, 0) is 55.0 Å². The number of aromatic hydroxyl groups is 2. The second-order valence-corrected chi connectivity index (χ2v) is 20.5. The third kappa shape index (κ3) is 27.0. The molecular weight excluding hydrogens is 1030 g/mol. The molecule has 0 aromatic heterocycles. The molecule has 79 heavy (non-hydrogen) atoms. The minimum absolute atomic E-state index is 0. The van der Waals surface area contributed by atoms with Gasteiger partial charge >= 0.3 is 28.4 Å². The molecule has 0 saturated heterocycles. The van der Waals surface area contributed by atoms with Gasteiger partial charge in [-0.1, -0.05) is 181 Å². The first kappa shape index (κ1) is 71.4. The van der Waals surface area contributed by atoms with Crippen molar-refractivity contribution in [2.75, 3.05) is 0 Å². The summed E-state index contributed by atoms with van der Waals surface area (Å²) in [5.74, 6) is 1.69. The number of carbonyl (C=O) groups is 2. The van der Waals surface area contributed by atoms with Crippen LogP contribution >= 0.6 is 0 Å². The standard InChI is InChI=1S/C42H64N2.2C13H18O4.Ni/c1-5-9-13-15-17-18-20-21-23-28-37-29-27-32-39(36-37)43-41(33-11-7-3)42(34-12-8-4)44-40-35-26-25-31-38(40)30-24-22-19-16-14-10-6-2;2*1-3-5-6-8-7-10(14)12(15)11(13(16)17)9(8)4-2;/h25-27,29,31-32,35-36H,5-15,17-18,20-24,28,30,33-34H2,1-4H3;2*7,14-15H,3-6H2,1-2H3,(H,16,17);/q;;;+2/p-2. The fourth-order valence-corrected chi connectivity index (χ4v) is 9.51. The van der Waals surface area contributed by atoms with Crippen LogP contribution in [0.2, 0.25) is 0 Å². The maximum Gasteiger partial charge on any atom is 2.00 e. The van der Waals surface area contributed by atoms with E-state index in [-0.39, 0.29) is 27.6 Å². The van der Waals surface area contributed by atoms with Crippen molar-refractivity contribution in [3.63, 3.8) is 0 Å². The summed E-state index contributed by atoms with van der Waals surface area (Å²) >= 11 is 0. The Labute approximate surface area is 487 Å². The van der Waals surface area contributed by atoms with Gasteiger partial charge in [0.1, 0.15) is 11.5 Å². The van der Waals surface area contributed by atoms with Crippen molar-refractivity contribution in [3.8, 4) is 34.8 Å². The third-order valence-electron chi connectivity index (χ3n) is 14.0. The fraction of sp³-hybridized carbons (Fsp3) is 0.559. The van der Waals surface area contributed by atoms with Crippen LogP contribution in [0.25, 0.3) is 0 Å². The van der Waals surface area contributed by atoms with Crippen LogP contribution < -0.4 is 10.2 Å². The second kappa shape index (κ2) is 43.2. The number of phenols is 2. The summed E-state index contributed by atoms with van der Waals surface area (Å²) in [7, 11) is 0. The van der Waals surface area contributed by atoms with E-state index in [0.29, 0.717) is 36.8 Å². The van der Waals surface area contributed by atoms with Crippen molar-refractivity contribution in [3.05, 3.63) is 105 Å². The second-order valence-electron chi connectivity index (χ2n) is 20.5. The number of aliphatic imine (C=N–C) groups is 2. The number of aryl methyl sites for hydroxylation is 4. The van der Waals surface area contributed by atoms with E-state index in [9.17, 15) is 30.0 Å². The molecule has 0 bridgehead atoms. The number of carboxylic acids is 2. The fourth-order valence-electron chi connectivity index (χ4n) is 9.51. The summed E-state index contributed by atoms with van der Waals surface area (Å²) in [4.78, 5) is 32.8. The van der Waals surface area contributed by atoms with Crippen molar-refractivity contribution in [2.45, 2.75) is 248 Å². The average molecular weight is 1130 g/mol. The van der Waals surface area contributed by atoms with Crippen LogP contribution in [0.1, 0.15) is 264 Å². The Hall–Kier alpha value is -5.59. The normalized spacial score (nSPS) is 11.1. The van der Waals surface area contributed by atoms with E-state index in [4.69, 9.17) is 20.2 Å².